The van der Waals surface area contributed by atoms with Crippen LogP contribution in [0.15, 0.2) is 22.7 Å². The molecular weight excluding hydrogens is 192 g/mol. The van der Waals surface area contributed by atoms with Crippen LogP contribution in [-0.2, 0) is 0 Å². The zero-order valence-electron chi connectivity index (χ0n) is 8.84. The lowest BCUT2D eigenvalue weighted by atomic mass is 10.3. The molecule has 0 aliphatic rings. The van der Waals surface area contributed by atoms with Crippen LogP contribution in [0.4, 0.5) is 6.01 Å². The number of pyridine rings is 1. The SMILES string of the molecule is CC(CN)N(C)c1nc2ncccc2o1. The van der Waals surface area contributed by atoms with Crippen molar-refractivity contribution in [2.75, 3.05) is 18.5 Å². The molecule has 0 saturated carbocycles. The third-order valence-corrected chi connectivity index (χ3v) is 2.46. The Kier molecular flexibility index (Phi) is 2.55. The quantitative estimate of drug-likeness (QED) is 0.811. The first kappa shape index (κ1) is 9.92. The Bertz CT molecular complexity index is 420. The molecule has 0 radical (unpaired) electrons. The van der Waals surface area contributed by atoms with Crippen LogP contribution < -0.4 is 10.6 Å². The predicted molar refractivity (Wildman–Crippen MR) is 58.7 cm³/mol. The second-order valence-corrected chi connectivity index (χ2v) is 3.52. The zero-order valence-corrected chi connectivity index (χ0v) is 8.84. The molecule has 0 fully saturated rings. The maximum Gasteiger partial charge on any atom is 0.299 e. The van der Waals surface area contributed by atoms with Gasteiger partial charge in [0, 0.05) is 25.8 Å². The van der Waals surface area contributed by atoms with Crippen molar-refractivity contribution in [1.29, 1.82) is 0 Å². The van der Waals surface area contributed by atoms with Crippen molar-refractivity contribution in [3.8, 4) is 0 Å². The third-order valence-electron chi connectivity index (χ3n) is 2.46. The molecule has 0 aromatic carbocycles. The molecule has 0 saturated heterocycles. The maximum atomic E-state index is 5.58. The predicted octanol–water partition coefficient (Wildman–Crippen LogP) is 1.01. The Morgan fingerprint density at radius 2 is 2.40 bits per heavy atom. The van der Waals surface area contributed by atoms with Gasteiger partial charge in [0.25, 0.3) is 6.01 Å². The summed E-state index contributed by atoms with van der Waals surface area (Å²) < 4.78 is 5.55. The van der Waals surface area contributed by atoms with Crippen LogP contribution in [0.5, 0.6) is 0 Å². The number of hydrogen-bond donors (Lipinski definition) is 1. The first-order chi connectivity index (χ1) is 7.22. The van der Waals surface area contributed by atoms with Crippen molar-refractivity contribution < 1.29 is 4.42 Å². The molecule has 2 aromatic rings. The molecule has 0 bridgehead atoms. The fraction of sp³-hybridized carbons (Fsp3) is 0.400. The Morgan fingerprint density at radius 3 is 3.07 bits per heavy atom. The number of nitrogens with two attached hydrogens (primary N) is 1. The van der Waals surface area contributed by atoms with Crippen molar-refractivity contribution in [2.24, 2.45) is 5.73 Å². The lowest BCUT2D eigenvalue weighted by Gasteiger charge is -2.20. The van der Waals surface area contributed by atoms with Gasteiger partial charge in [-0.3, -0.25) is 0 Å². The normalized spacial score (nSPS) is 13.0. The summed E-state index contributed by atoms with van der Waals surface area (Å²) in [6.07, 6.45) is 1.70. The van der Waals surface area contributed by atoms with Gasteiger partial charge in [-0.15, -0.1) is 0 Å². The van der Waals surface area contributed by atoms with Crippen LogP contribution in [0.2, 0.25) is 0 Å². The summed E-state index contributed by atoms with van der Waals surface area (Å²) in [6, 6.07) is 4.42. The van der Waals surface area contributed by atoms with Gasteiger partial charge in [0.15, 0.2) is 5.58 Å². The van der Waals surface area contributed by atoms with Crippen LogP contribution in [0.3, 0.4) is 0 Å². The van der Waals surface area contributed by atoms with Gasteiger partial charge in [0.1, 0.15) is 0 Å². The number of fused-ring (bicyclic) bond motifs is 1. The van der Waals surface area contributed by atoms with Crippen molar-refractivity contribution in [1.82, 2.24) is 9.97 Å². The van der Waals surface area contributed by atoms with E-state index in [-0.39, 0.29) is 6.04 Å². The molecule has 80 valence electrons. The zero-order chi connectivity index (χ0) is 10.8. The summed E-state index contributed by atoms with van der Waals surface area (Å²) in [6.45, 7) is 2.57. The molecule has 0 aliphatic heterocycles. The van der Waals surface area contributed by atoms with Crippen LogP contribution in [-0.4, -0.2) is 29.6 Å². The molecule has 2 heterocycles. The second-order valence-electron chi connectivity index (χ2n) is 3.52. The van der Waals surface area contributed by atoms with Gasteiger partial charge in [-0.2, -0.15) is 4.98 Å². The molecule has 15 heavy (non-hydrogen) atoms. The number of nitrogens with zero attached hydrogens (tertiary/aromatic N) is 3. The number of anilines is 1. The first-order valence-corrected chi connectivity index (χ1v) is 4.87. The van der Waals surface area contributed by atoms with Crippen LogP contribution in [0.1, 0.15) is 6.92 Å². The van der Waals surface area contributed by atoms with Crippen LogP contribution in [0, 0.1) is 0 Å². The smallest absolute Gasteiger partial charge is 0.299 e. The average molecular weight is 206 g/mol. The highest BCUT2D eigenvalue weighted by Gasteiger charge is 2.14. The molecule has 0 aliphatic carbocycles. The van der Waals surface area contributed by atoms with Gasteiger partial charge in [-0.25, -0.2) is 4.98 Å². The average Bonchev–Trinajstić information content (AvgIpc) is 2.70. The maximum absolute atomic E-state index is 5.58. The lowest BCUT2D eigenvalue weighted by molar-refractivity contribution is 0.551. The summed E-state index contributed by atoms with van der Waals surface area (Å²) in [4.78, 5) is 10.3. The fourth-order valence-electron chi connectivity index (χ4n) is 1.26. The summed E-state index contributed by atoms with van der Waals surface area (Å²) in [5, 5.41) is 0. The highest BCUT2D eigenvalue weighted by atomic mass is 16.4. The monoisotopic (exact) mass is 206 g/mol. The lowest BCUT2D eigenvalue weighted by Crippen LogP contribution is -2.35. The summed E-state index contributed by atoms with van der Waals surface area (Å²) in [5.74, 6) is 0. The first-order valence-electron chi connectivity index (χ1n) is 4.87. The Balaban J connectivity index is 2.36. The minimum atomic E-state index is 0.193. The fourth-order valence-corrected chi connectivity index (χ4v) is 1.26. The molecule has 5 nitrogen and oxygen atoms in total. The number of aromatic nitrogens is 2. The number of likely N-dealkylation sites (N-methyl/N-ethyl adjacent to an activating group) is 1. The molecule has 0 amide bonds. The number of rotatable bonds is 3. The largest absolute Gasteiger partial charge is 0.422 e. The standard InChI is InChI=1S/C10H14N4O/c1-7(6-11)14(2)10-13-9-8(15-10)4-3-5-12-9/h3-5,7H,6,11H2,1-2H3. The Hall–Kier alpha value is -1.62. The van der Waals surface area contributed by atoms with Gasteiger partial charge >= 0.3 is 0 Å². The van der Waals surface area contributed by atoms with Crippen LogP contribution >= 0.6 is 0 Å². The van der Waals surface area contributed by atoms with Crippen LogP contribution in [0.25, 0.3) is 11.2 Å². The van der Waals surface area contributed by atoms with Gasteiger partial charge in [0.2, 0.25) is 5.65 Å². The van der Waals surface area contributed by atoms with Gasteiger partial charge < -0.3 is 15.1 Å². The van der Waals surface area contributed by atoms with E-state index >= 15 is 0 Å². The molecule has 1 atom stereocenters. The minimum absolute atomic E-state index is 0.193. The van der Waals surface area contributed by atoms with Gasteiger partial charge in [-0.05, 0) is 19.1 Å². The topological polar surface area (TPSA) is 68.2 Å². The highest BCUT2D eigenvalue weighted by molar-refractivity contribution is 5.69. The molecule has 1 unspecified atom stereocenters. The molecule has 5 heteroatoms. The van der Waals surface area contributed by atoms with Gasteiger partial charge in [0.05, 0.1) is 0 Å². The second kappa shape index (κ2) is 3.86. The molecule has 2 N–H and O–H groups in total. The van der Waals surface area contributed by atoms with E-state index in [2.05, 4.69) is 9.97 Å². The van der Waals surface area contributed by atoms with Gasteiger partial charge in [-0.1, -0.05) is 0 Å². The van der Waals surface area contributed by atoms with Crippen molar-refractivity contribution >= 4 is 17.2 Å². The molecule has 2 aromatic heterocycles. The van der Waals surface area contributed by atoms with E-state index in [9.17, 15) is 0 Å². The molecular formula is C10H14N4O. The van der Waals surface area contributed by atoms with Crippen molar-refractivity contribution in [3.05, 3.63) is 18.3 Å². The van der Waals surface area contributed by atoms with E-state index in [1.165, 1.54) is 0 Å². The number of oxazole rings is 1. The van der Waals surface area contributed by atoms with Crippen molar-refractivity contribution in [3.63, 3.8) is 0 Å². The number of hydrogen-bond acceptors (Lipinski definition) is 5. The van der Waals surface area contributed by atoms with Crippen molar-refractivity contribution in [2.45, 2.75) is 13.0 Å². The van der Waals surface area contributed by atoms with E-state index in [1.807, 2.05) is 31.0 Å². The Labute approximate surface area is 87.9 Å². The van der Waals surface area contributed by atoms with E-state index in [4.69, 9.17) is 10.2 Å². The Morgan fingerprint density at radius 1 is 1.60 bits per heavy atom. The molecule has 2 rings (SSSR count). The molecule has 0 spiro atoms. The minimum Gasteiger partial charge on any atom is -0.422 e. The van der Waals surface area contributed by atoms with E-state index < -0.39 is 0 Å². The van der Waals surface area contributed by atoms with E-state index in [0.29, 0.717) is 23.8 Å². The summed E-state index contributed by atoms with van der Waals surface area (Å²) in [5.41, 5.74) is 6.90. The highest BCUT2D eigenvalue weighted by Crippen LogP contribution is 2.19. The summed E-state index contributed by atoms with van der Waals surface area (Å²) in [7, 11) is 1.90. The third kappa shape index (κ3) is 1.78. The summed E-state index contributed by atoms with van der Waals surface area (Å²) >= 11 is 0. The van der Waals surface area contributed by atoms with E-state index in [0.717, 1.165) is 0 Å². The van der Waals surface area contributed by atoms with E-state index in [1.54, 1.807) is 6.20 Å².